The summed E-state index contributed by atoms with van der Waals surface area (Å²) in [6.07, 6.45) is 1.84. The Morgan fingerprint density at radius 1 is 1.04 bits per heavy atom. The van der Waals surface area contributed by atoms with Crippen LogP contribution in [0, 0.1) is 27.7 Å². The molecule has 5 heteroatoms. The summed E-state index contributed by atoms with van der Waals surface area (Å²) in [5.74, 6) is 0. The second-order valence-corrected chi connectivity index (χ2v) is 8.01. The van der Waals surface area contributed by atoms with E-state index in [9.17, 15) is 0 Å². The lowest BCUT2D eigenvalue weighted by Gasteiger charge is -2.24. The molecule has 0 saturated carbocycles. The Morgan fingerprint density at radius 2 is 1.82 bits per heavy atom. The molecule has 1 fully saturated rings. The molecule has 1 saturated heterocycles. The van der Waals surface area contributed by atoms with Crippen LogP contribution in [0.15, 0.2) is 48.7 Å². The molecule has 2 atom stereocenters. The van der Waals surface area contributed by atoms with Gasteiger partial charge in [-0.05, 0) is 80.9 Å². The quantitative estimate of drug-likeness (QED) is 0.657. The smallest absolute Gasteiger partial charge is 0.169 e. The first-order valence-electron chi connectivity index (χ1n) is 9.60. The molecule has 1 aromatic carbocycles. The van der Waals surface area contributed by atoms with Crippen LogP contribution in [-0.4, -0.2) is 26.6 Å². The Balaban J connectivity index is 1.85. The van der Waals surface area contributed by atoms with Crippen LogP contribution in [0.1, 0.15) is 45.9 Å². The van der Waals surface area contributed by atoms with Crippen LogP contribution in [0.5, 0.6) is 0 Å². The molecule has 28 heavy (non-hydrogen) atoms. The first kappa shape index (κ1) is 18.7. The number of nitrogens with zero attached hydrogens (tertiary/aromatic N) is 3. The van der Waals surface area contributed by atoms with E-state index in [4.69, 9.17) is 12.2 Å². The van der Waals surface area contributed by atoms with Crippen molar-refractivity contribution in [2.24, 2.45) is 0 Å². The number of hydrogen-bond donors (Lipinski definition) is 1. The number of rotatable bonds is 3. The van der Waals surface area contributed by atoms with Gasteiger partial charge < -0.3 is 14.8 Å². The van der Waals surface area contributed by atoms with Crippen LogP contribution < -0.4 is 5.32 Å². The number of hydrogen-bond acceptors (Lipinski definition) is 2. The number of benzene rings is 1. The lowest BCUT2D eigenvalue weighted by molar-refractivity contribution is 0.367. The first-order chi connectivity index (χ1) is 13.4. The van der Waals surface area contributed by atoms with Crippen molar-refractivity contribution in [3.63, 3.8) is 0 Å². The minimum atomic E-state index is 0.0336. The van der Waals surface area contributed by atoms with Crippen molar-refractivity contribution >= 4 is 17.3 Å². The van der Waals surface area contributed by atoms with Gasteiger partial charge in [0.25, 0.3) is 0 Å². The van der Waals surface area contributed by atoms with E-state index in [2.05, 4.69) is 84.8 Å². The molecule has 4 rings (SSSR count). The van der Waals surface area contributed by atoms with Crippen molar-refractivity contribution in [1.82, 2.24) is 19.8 Å². The largest absolute Gasteiger partial charge is 0.352 e. The summed E-state index contributed by atoms with van der Waals surface area (Å²) in [4.78, 5) is 6.75. The molecule has 0 bridgehead atoms. The molecule has 144 valence electrons. The molecule has 0 aliphatic carbocycles. The van der Waals surface area contributed by atoms with Crippen LogP contribution >= 0.6 is 12.2 Å². The lowest BCUT2D eigenvalue weighted by atomic mass is 9.97. The van der Waals surface area contributed by atoms with Gasteiger partial charge in [-0.25, -0.2) is 0 Å². The van der Waals surface area contributed by atoms with Gasteiger partial charge in [-0.2, -0.15) is 0 Å². The third-order valence-electron chi connectivity index (χ3n) is 5.94. The fraction of sp³-hybridized carbons (Fsp3) is 0.304. The van der Waals surface area contributed by atoms with Gasteiger partial charge in [-0.15, -0.1) is 0 Å². The molecule has 2 aromatic heterocycles. The molecule has 0 spiro atoms. The van der Waals surface area contributed by atoms with E-state index in [0.29, 0.717) is 0 Å². The molecule has 0 radical (unpaired) electrons. The summed E-state index contributed by atoms with van der Waals surface area (Å²) in [7, 11) is 2.06. The van der Waals surface area contributed by atoms with Crippen molar-refractivity contribution in [3.8, 4) is 5.69 Å². The summed E-state index contributed by atoms with van der Waals surface area (Å²) in [6.45, 7) is 8.74. The van der Waals surface area contributed by atoms with Gasteiger partial charge in [0.05, 0.1) is 17.8 Å². The number of aryl methyl sites for hydroxylation is 2. The average Bonchev–Trinajstić information content (AvgIpc) is 3.14. The third kappa shape index (κ3) is 2.90. The second kappa shape index (κ2) is 7.06. The molecule has 4 nitrogen and oxygen atoms in total. The second-order valence-electron chi connectivity index (χ2n) is 7.62. The van der Waals surface area contributed by atoms with Gasteiger partial charge in [-0.1, -0.05) is 18.2 Å². The van der Waals surface area contributed by atoms with E-state index in [1.165, 1.54) is 33.8 Å². The van der Waals surface area contributed by atoms with Crippen LogP contribution in [0.2, 0.25) is 0 Å². The maximum absolute atomic E-state index is 5.59. The summed E-state index contributed by atoms with van der Waals surface area (Å²) in [5.41, 5.74) is 8.62. The van der Waals surface area contributed by atoms with Gasteiger partial charge in [0, 0.05) is 30.3 Å². The predicted octanol–water partition coefficient (Wildman–Crippen LogP) is 4.71. The topological polar surface area (TPSA) is 33.1 Å². The van der Waals surface area contributed by atoms with Crippen LogP contribution in [-0.2, 0) is 0 Å². The highest BCUT2D eigenvalue weighted by atomic mass is 32.1. The van der Waals surface area contributed by atoms with Gasteiger partial charge in [0.15, 0.2) is 5.11 Å². The minimum absolute atomic E-state index is 0.0336. The Labute approximate surface area is 172 Å². The van der Waals surface area contributed by atoms with E-state index < -0.39 is 0 Å². The summed E-state index contributed by atoms with van der Waals surface area (Å²) < 4.78 is 2.36. The molecule has 3 heterocycles. The zero-order valence-electron chi connectivity index (χ0n) is 17.0. The molecule has 1 N–H and O–H groups in total. The summed E-state index contributed by atoms with van der Waals surface area (Å²) >= 11 is 5.59. The van der Waals surface area contributed by atoms with Crippen LogP contribution in [0.4, 0.5) is 0 Å². The molecule has 1 aliphatic heterocycles. The van der Waals surface area contributed by atoms with Gasteiger partial charge in [0.2, 0.25) is 0 Å². The fourth-order valence-electron chi connectivity index (χ4n) is 4.28. The number of nitrogens with one attached hydrogen (secondary N) is 1. The van der Waals surface area contributed by atoms with Gasteiger partial charge in [0.1, 0.15) is 0 Å². The Hall–Kier alpha value is -2.66. The van der Waals surface area contributed by atoms with Gasteiger partial charge >= 0.3 is 0 Å². The van der Waals surface area contributed by atoms with Crippen molar-refractivity contribution in [2.45, 2.75) is 39.8 Å². The van der Waals surface area contributed by atoms with Crippen LogP contribution in [0.3, 0.4) is 0 Å². The van der Waals surface area contributed by atoms with Crippen molar-refractivity contribution in [2.75, 3.05) is 7.05 Å². The van der Waals surface area contributed by atoms with E-state index >= 15 is 0 Å². The summed E-state index contributed by atoms with van der Waals surface area (Å²) in [5, 5.41) is 4.23. The number of likely N-dealkylation sites (N-methyl/N-ethyl adjacent to an activating group) is 1. The summed E-state index contributed by atoms with van der Waals surface area (Å²) in [6, 6.07) is 15.0. The van der Waals surface area contributed by atoms with Crippen molar-refractivity contribution in [1.29, 1.82) is 0 Å². The molecule has 3 aromatic rings. The van der Waals surface area contributed by atoms with Crippen molar-refractivity contribution in [3.05, 3.63) is 82.4 Å². The highest BCUT2D eigenvalue weighted by Crippen LogP contribution is 2.40. The SMILES string of the molecule is Cc1cccc(-n2c(C)cc([C@H]3[C@H](c4ccccn4)NC(=S)N3C)c2C)c1C. The minimum Gasteiger partial charge on any atom is -0.352 e. The zero-order chi connectivity index (χ0) is 20.0. The van der Waals surface area contributed by atoms with Gasteiger partial charge in [-0.3, -0.25) is 4.98 Å². The first-order valence-corrected chi connectivity index (χ1v) is 10.0. The predicted molar refractivity (Wildman–Crippen MR) is 118 cm³/mol. The normalized spacial score (nSPS) is 19.2. The number of thiocarbonyl (C=S) groups is 1. The number of aromatic nitrogens is 2. The zero-order valence-corrected chi connectivity index (χ0v) is 17.8. The monoisotopic (exact) mass is 390 g/mol. The Kier molecular flexibility index (Phi) is 4.71. The Bertz CT molecular complexity index is 1040. The lowest BCUT2D eigenvalue weighted by Crippen LogP contribution is -2.25. The Morgan fingerprint density at radius 3 is 2.54 bits per heavy atom. The molecular weight excluding hydrogens is 364 g/mol. The van der Waals surface area contributed by atoms with E-state index in [1.807, 2.05) is 18.3 Å². The molecule has 0 unspecified atom stereocenters. The molecule has 1 aliphatic rings. The highest BCUT2D eigenvalue weighted by molar-refractivity contribution is 7.80. The average molecular weight is 391 g/mol. The standard InChI is InChI=1S/C23H26N4S/c1-14-9-8-11-20(16(14)3)27-15(2)13-18(17(27)4)22-21(25-23(28)26(22)5)19-10-6-7-12-24-19/h6-13,21-22H,1-5H3,(H,25,28)/t21-,22-/m0/s1. The van der Waals surface area contributed by atoms with Crippen molar-refractivity contribution < 1.29 is 0 Å². The maximum atomic E-state index is 5.59. The molecule has 0 amide bonds. The molecular formula is C23H26N4S. The highest BCUT2D eigenvalue weighted by Gasteiger charge is 2.39. The van der Waals surface area contributed by atoms with E-state index in [1.54, 1.807) is 0 Å². The van der Waals surface area contributed by atoms with E-state index in [0.717, 1.165) is 10.8 Å². The third-order valence-corrected chi connectivity index (χ3v) is 6.35. The van der Waals surface area contributed by atoms with E-state index in [-0.39, 0.29) is 12.1 Å². The maximum Gasteiger partial charge on any atom is 0.169 e. The fourth-order valence-corrected chi connectivity index (χ4v) is 4.52. The van der Waals surface area contributed by atoms with Crippen LogP contribution in [0.25, 0.3) is 5.69 Å². The number of pyridine rings is 1.